The normalized spacial score (nSPS) is 23.7. The van der Waals surface area contributed by atoms with Gasteiger partial charge in [-0.15, -0.1) is 0 Å². The van der Waals surface area contributed by atoms with Crippen molar-refractivity contribution in [2.24, 2.45) is 0 Å². The molecule has 176 valence electrons. The number of aromatic amines is 1. The summed E-state index contributed by atoms with van der Waals surface area (Å²) in [6.07, 6.45) is 3.91. The molecular formula is C21H23N2O9P. The first-order chi connectivity index (χ1) is 15.7. The molecule has 11 nitrogen and oxygen atoms in total. The van der Waals surface area contributed by atoms with Gasteiger partial charge in [0.15, 0.2) is 6.23 Å². The van der Waals surface area contributed by atoms with Crippen molar-refractivity contribution in [3.8, 4) is 5.75 Å². The van der Waals surface area contributed by atoms with Gasteiger partial charge in [0.2, 0.25) is 0 Å². The molecule has 0 bridgehead atoms. The van der Waals surface area contributed by atoms with Crippen molar-refractivity contribution in [1.82, 2.24) is 9.55 Å². The number of H-pyrrole nitrogens is 1. The molecule has 0 amide bonds. The highest BCUT2D eigenvalue weighted by Gasteiger charge is 2.36. The smallest absolute Gasteiger partial charge is 0.466 e. The van der Waals surface area contributed by atoms with Crippen LogP contribution < -0.4 is 15.8 Å². The number of carbonyl (C=O) groups excluding carboxylic acids is 1. The first kappa shape index (κ1) is 23.2. The van der Waals surface area contributed by atoms with Crippen LogP contribution in [0.5, 0.6) is 5.75 Å². The lowest BCUT2D eigenvalue weighted by Crippen LogP contribution is -2.33. The van der Waals surface area contributed by atoms with Crippen LogP contribution in [-0.2, 0) is 40.9 Å². The fourth-order valence-electron chi connectivity index (χ4n) is 3.34. The quantitative estimate of drug-likeness (QED) is 0.361. The number of esters is 1. The van der Waals surface area contributed by atoms with Crippen molar-refractivity contribution in [2.45, 2.75) is 39.2 Å². The van der Waals surface area contributed by atoms with Gasteiger partial charge < -0.3 is 14.0 Å². The Morgan fingerprint density at radius 2 is 2.12 bits per heavy atom. The Labute approximate surface area is 188 Å². The van der Waals surface area contributed by atoms with E-state index in [4.69, 9.17) is 23.0 Å². The largest absolute Gasteiger partial charge is 0.530 e. The first-order valence-corrected chi connectivity index (χ1v) is 11.7. The van der Waals surface area contributed by atoms with Crippen molar-refractivity contribution in [1.29, 1.82) is 0 Å². The van der Waals surface area contributed by atoms with Gasteiger partial charge >= 0.3 is 19.5 Å². The molecule has 4 rings (SSSR count). The molecule has 2 aromatic rings. The summed E-state index contributed by atoms with van der Waals surface area (Å²) in [6, 6.07) is 5.29. The molecule has 0 fully saturated rings. The summed E-state index contributed by atoms with van der Waals surface area (Å²) in [4.78, 5) is 36.7. The van der Waals surface area contributed by atoms with Crippen LogP contribution in [0.4, 0.5) is 0 Å². The number of nitrogens with one attached hydrogen (secondary N) is 1. The van der Waals surface area contributed by atoms with Gasteiger partial charge in [-0.25, -0.2) is 9.36 Å². The summed E-state index contributed by atoms with van der Waals surface area (Å²) in [5, 5.41) is 0. The van der Waals surface area contributed by atoms with Crippen LogP contribution in [0.15, 0.2) is 46.1 Å². The topological polar surface area (TPSA) is 135 Å². The summed E-state index contributed by atoms with van der Waals surface area (Å²) >= 11 is 0. The molecule has 3 heterocycles. The minimum atomic E-state index is -3.86. The van der Waals surface area contributed by atoms with Gasteiger partial charge in [0, 0.05) is 30.7 Å². The monoisotopic (exact) mass is 478 g/mol. The third kappa shape index (κ3) is 5.51. The zero-order valence-corrected chi connectivity index (χ0v) is 18.9. The summed E-state index contributed by atoms with van der Waals surface area (Å²) in [5.41, 5.74) is 0.934. The molecule has 33 heavy (non-hydrogen) atoms. The fraction of sp³-hybridized carbons (Fsp3) is 0.381. The van der Waals surface area contributed by atoms with Gasteiger partial charge in [-0.1, -0.05) is 12.1 Å². The number of carbonyl (C=O) groups is 1. The van der Waals surface area contributed by atoms with E-state index in [0.29, 0.717) is 23.3 Å². The first-order valence-electron chi connectivity index (χ1n) is 10.2. The van der Waals surface area contributed by atoms with Crippen LogP contribution in [-0.4, -0.2) is 34.8 Å². The van der Waals surface area contributed by atoms with E-state index in [1.165, 1.54) is 17.7 Å². The SMILES string of the molecule is CC(=O)OCCc1ccc2c(c1)COP(=O)(OC[C@@H]1C=C[C@H](n3cc(C)c(=O)[nH]c3=O)O1)O2. The number of aromatic nitrogens is 2. The van der Waals surface area contributed by atoms with Gasteiger partial charge in [-0.05, 0) is 30.7 Å². The number of nitrogens with zero attached hydrogens (tertiary/aromatic N) is 1. The molecule has 0 aliphatic carbocycles. The van der Waals surface area contributed by atoms with E-state index in [-0.39, 0.29) is 25.8 Å². The van der Waals surface area contributed by atoms with Crippen LogP contribution in [0.2, 0.25) is 0 Å². The van der Waals surface area contributed by atoms with E-state index >= 15 is 0 Å². The Bertz CT molecular complexity index is 1250. The zero-order valence-electron chi connectivity index (χ0n) is 18.0. The number of fused-ring (bicyclic) bond motifs is 1. The second kappa shape index (κ2) is 9.48. The minimum absolute atomic E-state index is 0.0318. The number of phosphoric ester groups is 1. The predicted molar refractivity (Wildman–Crippen MR) is 115 cm³/mol. The third-order valence-electron chi connectivity index (χ3n) is 5.03. The van der Waals surface area contributed by atoms with E-state index < -0.39 is 31.4 Å². The van der Waals surface area contributed by atoms with Crippen molar-refractivity contribution in [3.63, 3.8) is 0 Å². The standard InChI is InChI=1S/C21H23N2O9P/c1-13-10-23(21(26)22-20(13)25)19-6-4-17(31-19)12-30-33(27)29-11-16-9-15(3-5-18(16)32-33)7-8-28-14(2)24/h3-6,9-10,17,19H,7-8,11-12H2,1-2H3,(H,22,25,26)/t17-,19+,33?/m0/s1. The number of benzene rings is 1. The number of phosphoric acid groups is 1. The van der Waals surface area contributed by atoms with E-state index in [2.05, 4.69) is 4.98 Å². The Morgan fingerprint density at radius 1 is 1.30 bits per heavy atom. The Morgan fingerprint density at radius 3 is 2.91 bits per heavy atom. The van der Waals surface area contributed by atoms with Gasteiger partial charge in [-0.3, -0.25) is 28.2 Å². The molecular weight excluding hydrogens is 455 g/mol. The summed E-state index contributed by atoms with van der Waals surface area (Å²) < 4.78 is 41.1. The Kier molecular flexibility index (Phi) is 6.66. The van der Waals surface area contributed by atoms with Crippen molar-refractivity contribution >= 4 is 13.8 Å². The molecule has 0 saturated heterocycles. The number of ether oxygens (including phenoxy) is 2. The molecule has 2 aliphatic rings. The van der Waals surface area contributed by atoms with Gasteiger partial charge in [0.25, 0.3) is 5.56 Å². The summed E-state index contributed by atoms with van der Waals surface area (Å²) in [7, 11) is -3.86. The molecule has 2 aliphatic heterocycles. The Balaban J connectivity index is 1.33. The van der Waals surface area contributed by atoms with Gasteiger partial charge in [0.1, 0.15) is 11.9 Å². The molecule has 1 aromatic carbocycles. The number of hydrogen-bond donors (Lipinski definition) is 1. The van der Waals surface area contributed by atoms with Gasteiger partial charge in [-0.2, -0.15) is 0 Å². The number of hydrogen-bond acceptors (Lipinski definition) is 9. The lowest BCUT2D eigenvalue weighted by atomic mass is 10.1. The highest BCUT2D eigenvalue weighted by Crippen LogP contribution is 2.54. The Hall–Kier alpha value is -2.98. The van der Waals surface area contributed by atoms with Crippen molar-refractivity contribution in [2.75, 3.05) is 13.2 Å². The highest BCUT2D eigenvalue weighted by molar-refractivity contribution is 7.49. The van der Waals surface area contributed by atoms with Crippen LogP contribution in [0, 0.1) is 6.92 Å². The van der Waals surface area contributed by atoms with Crippen molar-refractivity contribution in [3.05, 3.63) is 74.1 Å². The minimum Gasteiger partial charge on any atom is -0.466 e. The maximum atomic E-state index is 12.9. The van der Waals surface area contributed by atoms with E-state index in [9.17, 15) is 18.9 Å². The molecule has 3 atom stereocenters. The van der Waals surface area contributed by atoms with Crippen LogP contribution in [0.1, 0.15) is 29.8 Å². The maximum Gasteiger partial charge on any atom is 0.530 e. The van der Waals surface area contributed by atoms with E-state index in [0.717, 1.165) is 5.56 Å². The lowest BCUT2D eigenvalue weighted by Gasteiger charge is -2.26. The summed E-state index contributed by atoms with van der Waals surface area (Å²) in [6.45, 7) is 3.10. The van der Waals surface area contributed by atoms with Crippen molar-refractivity contribution < 1.29 is 32.4 Å². The van der Waals surface area contributed by atoms with Gasteiger partial charge in [0.05, 0.1) is 19.8 Å². The molecule has 1 unspecified atom stereocenters. The average Bonchev–Trinajstić information content (AvgIpc) is 3.24. The number of rotatable bonds is 7. The van der Waals surface area contributed by atoms with E-state index in [1.807, 2.05) is 6.07 Å². The lowest BCUT2D eigenvalue weighted by molar-refractivity contribution is -0.140. The second-order valence-electron chi connectivity index (χ2n) is 7.57. The van der Waals surface area contributed by atoms with Crippen LogP contribution >= 0.6 is 7.82 Å². The molecule has 0 radical (unpaired) electrons. The van der Waals surface area contributed by atoms with Crippen LogP contribution in [0.3, 0.4) is 0 Å². The number of aryl methyl sites for hydroxylation is 1. The zero-order chi connectivity index (χ0) is 23.6. The second-order valence-corrected chi connectivity index (χ2v) is 9.16. The predicted octanol–water partition coefficient (Wildman–Crippen LogP) is 2.14. The van der Waals surface area contributed by atoms with Crippen LogP contribution in [0.25, 0.3) is 0 Å². The molecule has 0 saturated carbocycles. The van der Waals surface area contributed by atoms with E-state index in [1.54, 1.807) is 31.2 Å². The fourth-order valence-corrected chi connectivity index (χ4v) is 4.57. The molecule has 0 spiro atoms. The summed E-state index contributed by atoms with van der Waals surface area (Å²) in [5.74, 6) is 0.0443. The molecule has 12 heteroatoms. The molecule has 1 aromatic heterocycles. The maximum absolute atomic E-state index is 12.9. The third-order valence-corrected chi connectivity index (χ3v) is 6.36. The average molecular weight is 478 g/mol. The highest BCUT2D eigenvalue weighted by atomic mass is 31.2. The molecule has 1 N–H and O–H groups in total.